The smallest absolute Gasteiger partial charge is 0.273 e. The predicted octanol–water partition coefficient (Wildman–Crippen LogP) is 4.47. The summed E-state index contributed by atoms with van der Waals surface area (Å²) in [7, 11) is 0. The topological polar surface area (TPSA) is 115 Å². The van der Waals surface area contributed by atoms with Gasteiger partial charge in [0.2, 0.25) is 0 Å². The zero-order chi connectivity index (χ0) is 21.5. The van der Waals surface area contributed by atoms with Gasteiger partial charge in [0.25, 0.3) is 17.5 Å². The van der Waals surface area contributed by atoms with Crippen molar-refractivity contribution in [3.8, 4) is 0 Å². The Balaban J connectivity index is 1.93. The molecule has 3 N–H and O–H groups in total. The van der Waals surface area contributed by atoms with E-state index in [-0.39, 0.29) is 16.7 Å². The van der Waals surface area contributed by atoms with Gasteiger partial charge in [0, 0.05) is 22.1 Å². The van der Waals surface area contributed by atoms with Gasteiger partial charge in [0.05, 0.1) is 10.5 Å². The minimum absolute atomic E-state index is 0.119. The van der Waals surface area contributed by atoms with Crippen molar-refractivity contribution in [1.29, 1.82) is 0 Å². The maximum absolute atomic E-state index is 12.7. The van der Waals surface area contributed by atoms with Crippen LogP contribution in [0, 0.1) is 28.4 Å². The highest BCUT2D eigenvalue weighted by Crippen LogP contribution is 2.44. The van der Waals surface area contributed by atoms with Crippen molar-refractivity contribution in [2.24, 2.45) is 17.1 Å². The van der Waals surface area contributed by atoms with Crippen LogP contribution in [0.15, 0.2) is 18.2 Å². The number of nitro groups is 1. The largest absolute Gasteiger partial charge is 0.365 e. The van der Waals surface area contributed by atoms with E-state index in [0.29, 0.717) is 22.0 Å². The molecular weight excluding hydrogens is 390 g/mol. The van der Waals surface area contributed by atoms with Gasteiger partial charge < -0.3 is 11.1 Å². The number of nitrogens with zero attached hydrogens (tertiary/aromatic N) is 1. The molecule has 0 fully saturated rings. The van der Waals surface area contributed by atoms with Crippen molar-refractivity contribution in [1.82, 2.24) is 0 Å². The third kappa shape index (κ3) is 4.17. The van der Waals surface area contributed by atoms with Crippen molar-refractivity contribution >= 4 is 33.8 Å². The van der Waals surface area contributed by atoms with Crippen LogP contribution in [-0.4, -0.2) is 16.7 Å². The van der Waals surface area contributed by atoms with Gasteiger partial charge in [-0.25, -0.2) is 0 Å². The van der Waals surface area contributed by atoms with Gasteiger partial charge in [0.15, 0.2) is 0 Å². The Hall–Kier alpha value is -2.74. The Morgan fingerprint density at radius 3 is 2.59 bits per heavy atom. The first kappa shape index (κ1) is 21.0. The first-order valence-electron chi connectivity index (χ1n) is 9.49. The summed E-state index contributed by atoms with van der Waals surface area (Å²) in [5.74, 6) is -0.582. The second-order valence-electron chi connectivity index (χ2n) is 8.59. The van der Waals surface area contributed by atoms with E-state index < -0.39 is 16.7 Å². The van der Waals surface area contributed by atoms with Gasteiger partial charge in [-0.15, -0.1) is 11.3 Å². The van der Waals surface area contributed by atoms with E-state index in [1.54, 1.807) is 6.92 Å². The molecule has 0 spiro atoms. The number of thiophene rings is 1. The van der Waals surface area contributed by atoms with Crippen LogP contribution in [-0.2, 0) is 12.8 Å². The first-order valence-corrected chi connectivity index (χ1v) is 10.3. The lowest BCUT2D eigenvalue weighted by atomic mass is 9.72. The normalized spacial score (nSPS) is 16.2. The lowest BCUT2D eigenvalue weighted by Gasteiger charge is -2.33. The number of hydrogen-bond acceptors (Lipinski definition) is 5. The SMILES string of the molecule is Cc1ccc(C(=O)Nc2sc3c(c2C(N)=O)CCC(C(C)(C)C)C3)cc1[N+](=O)[O-]. The summed E-state index contributed by atoms with van der Waals surface area (Å²) in [6.45, 7) is 8.23. The average Bonchev–Trinajstić information content (AvgIpc) is 2.98. The number of nitrogens with one attached hydrogen (secondary N) is 1. The van der Waals surface area contributed by atoms with E-state index in [4.69, 9.17) is 5.73 Å². The number of rotatable bonds is 4. The number of carbonyl (C=O) groups excluding carboxylic acids is 2. The number of fused-ring (bicyclic) bond motifs is 1. The van der Waals surface area contributed by atoms with Crippen LogP contribution < -0.4 is 11.1 Å². The van der Waals surface area contributed by atoms with Crippen molar-refractivity contribution in [3.05, 3.63) is 55.4 Å². The van der Waals surface area contributed by atoms with Crippen LogP contribution >= 0.6 is 11.3 Å². The molecule has 2 aromatic rings. The second kappa shape index (κ2) is 7.59. The maximum atomic E-state index is 12.7. The number of primary amides is 1. The highest BCUT2D eigenvalue weighted by Gasteiger charge is 2.33. The van der Waals surface area contributed by atoms with Crippen molar-refractivity contribution in [3.63, 3.8) is 0 Å². The molecule has 1 aromatic heterocycles. The summed E-state index contributed by atoms with van der Waals surface area (Å²) in [6.07, 6.45) is 2.55. The molecule has 0 saturated heterocycles. The maximum Gasteiger partial charge on any atom is 0.273 e. The molecule has 8 heteroatoms. The number of benzene rings is 1. The minimum Gasteiger partial charge on any atom is -0.365 e. The van der Waals surface area contributed by atoms with Gasteiger partial charge in [-0.3, -0.25) is 19.7 Å². The van der Waals surface area contributed by atoms with E-state index in [1.807, 2.05) is 0 Å². The number of nitrogens with two attached hydrogens (primary N) is 1. The molecule has 0 radical (unpaired) electrons. The van der Waals surface area contributed by atoms with Crippen molar-refractivity contribution in [2.45, 2.75) is 47.0 Å². The predicted molar refractivity (Wildman–Crippen MR) is 114 cm³/mol. The Morgan fingerprint density at radius 2 is 2.00 bits per heavy atom. The number of aryl methyl sites for hydroxylation is 1. The third-order valence-electron chi connectivity index (χ3n) is 5.63. The summed E-state index contributed by atoms with van der Waals surface area (Å²) >= 11 is 1.38. The molecule has 29 heavy (non-hydrogen) atoms. The Morgan fingerprint density at radius 1 is 1.31 bits per heavy atom. The van der Waals surface area contributed by atoms with E-state index in [9.17, 15) is 19.7 Å². The van der Waals surface area contributed by atoms with Crippen LogP contribution in [0.5, 0.6) is 0 Å². The summed E-state index contributed by atoms with van der Waals surface area (Å²) < 4.78 is 0. The minimum atomic E-state index is -0.568. The number of carbonyl (C=O) groups is 2. The Labute approximate surface area is 173 Å². The number of nitro benzene ring substituents is 1. The van der Waals surface area contributed by atoms with E-state index in [0.717, 1.165) is 29.7 Å². The van der Waals surface area contributed by atoms with E-state index in [2.05, 4.69) is 26.1 Å². The molecule has 0 bridgehead atoms. The molecule has 154 valence electrons. The van der Waals surface area contributed by atoms with E-state index >= 15 is 0 Å². The Kier molecular flexibility index (Phi) is 5.49. The Bertz CT molecular complexity index is 1000. The molecule has 1 aliphatic rings. The van der Waals surface area contributed by atoms with Crippen LogP contribution in [0.1, 0.15) is 63.9 Å². The van der Waals surface area contributed by atoms with Crippen molar-refractivity contribution < 1.29 is 14.5 Å². The summed E-state index contributed by atoms with van der Waals surface area (Å²) in [5, 5.41) is 14.3. The molecule has 1 aromatic carbocycles. The van der Waals surface area contributed by atoms with Gasteiger partial charge in [-0.05, 0) is 49.1 Å². The number of amides is 2. The fourth-order valence-corrected chi connectivity index (χ4v) is 5.12. The van der Waals surface area contributed by atoms with Crippen molar-refractivity contribution in [2.75, 3.05) is 5.32 Å². The van der Waals surface area contributed by atoms with Gasteiger partial charge in [0.1, 0.15) is 5.00 Å². The summed E-state index contributed by atoms with van der Waals surface area (Å²) in [6, 6.07) is 4.32. The van der Waals surface area contributed by atoms with Crippen LogP contribution in [0.2, 0.25) is 0 Å². The number of hydrogen-bond donors (Lipinski definition) is 2. The molecule has 3 rings (SSSR count). The van der Waals surface area contributed by atoms with Gasteiger partial charge in [-0.2, -0.15) is 0 Å². The third-order valence-corrected chi connectivity index (χ3v) is 6.80. The summed E-state index contributed by atoms with van der Waals surface area (Å²) in [4.78, 5) is 36.6. The van der Waals surface area contributed by atoms with Crippen LogP contribution in [0.4, 0.5) is 10.7 Å². The fourth-order valence-electron chi connectivity index (χ4n) is 3.80. The monoisotopic (exact) mass is 415 g/mol. The molecule has 7 nitrogen and oxygen atoms in total. The standard InChI is InChI=1S/C21H25N3O4S/c1-11-5-6-12(9-15(11)24(27)28)19(26)23-20-17(18(22)25)14-8-7-13(21(2,3)4)10-16(14)29-20/h5-6,9,13H,7-8,10H2,1-4H3,(H2,22,25)(H,23,26). The second-order valence-corrected chi connectivity index (χ2v) is 9.70. The molecule has 2 amide bonds. The molecule has 0 saturated carbocycles. The highest BCUT2D eigenvalue weighted by molar-refractivity contribution is 7.17. The quantitative estimate of drug-likeness (QED) is 0.566. The van der Waals surface area contributed by atoms with Gasteiger partial charge in [-0.1, -0.05) is 26.8 Å². The zero-order valence-electron chi connectivity index (χ0n) is 17.0. The zero-order valence-corrected chi connectivity index (χ0v) is 17.8. The van der Waals surface area contributed by atoms with Crippen LogP contribution in [0.3, 0.4) is 0 Å². The summed E-state index contributed by atoms with van der Waals surface area (Å²) in [5.41, 5.74) is 7.59. The lowest BCUT2D eigenvalue weighted by molar-refractivity contribution is -0.385. The molecule has 1 heterocycles. The fraction of sp³-hybridized carbons (Fsp3) is 0.429. The number of anilines is 1. The molecule has 0 aliphatic heterocycles. The van der Waals surface area contributed by atoms with E-state index in [1.165, 1.54) is 29.5 Å². The molecule has 1 atom stereocenters. The van der Waals surface area contributed by atoms with Gasteiger partial charge >= 0.3 is 0 Å². The first-order chi connectivity index (χ1) is 13.5. The molecule has 1 unspecified atom stereocenters. The highest BCUT2D eigenvalue weighted by atomic mass is 32.1. The molecule has 1 aliphatic carbocycles. The average molecular weight is 416 g/mol. The lowest BCUT2D eigenvalue weighted by Crippen LogP contribution is -2.27. The van der Waals surface area contributed by atoms with Crippen LogP contribution in [0.25, 0.3) is 0 Å². The molecular formula is C21H25N3O4S.